The molecule has 0 aromatic heterocycles. The molecule has 1 N–H and O–H groups in total. The summed E-state index contributed by atoms with van der Waals surface area (Å²) >= 11 is 0. The topological polar surface area (TPSA) is 63.6 Å². The molecule has 1 saturated carbocycles. The van der Waals surface area contributed by atoms with Gasteiger partial charge in [-0.2, -0.15) is 0 Å². The van der Waals surface area contributed by atoms with Crippen LogP contribution in [0.5, 0.6) is 0 Å². The van der Waals surface area contributed by atoms with Crippen LogP contribution < -0.4 is 0 Å². The van der Waals surface area contributed by atoms with Crippen molar-refractivity contribution in [2.45, 2.75) is 84.7 Å². The van der Waals surface area contributed by atoms with E-state index in [1.165, 1.54) is 25.7 Å². The van der Waals surface area contributed by atoms with Crippen LogP contribution >= 0.6 is 0 Å². The van der Waals surface area contributed by atoms with E-state index in [1.807, 2.05) is 6.92 Å². The summed E-state index contributed by atoms with van der Waals surface area (Å²) in [7, 11) is 0. The first-order valence-electron chi connectivity index (χ1n) is 9.46. The van der Waals surface area contributed by atoms with E-state index in [2.05, 4.69) is 20.8 Å². The van der Waals surface area contributed by atoms with Gasteiger partial charge in [-0.25, -0.2) is 9.59 Å². The van der Waals surface area contributed by atoms with Crippen LogP contribution in [0.4, 0.5) is 0 Å². The number of carbonyl (C=O) groups is 2. The van der Waals surface area contributed by atoms with Crippen molar-refractivity contribution in [2.75, 3.05) is 0 Å². The highest BCUT2D eigenvalue weighted by Gasteiger charge is 2.39. The molecule has 4 nitrogen and oxygen atoms in total. The standard InChI is InChI=1S/C20H34O4/c1-5-7-15(3)16-8-10-17(11-9-16)20(4,14-6-2)24-19(23)13-12-18(21)22/h12-13,15-17H,5-11,14H2,1-4H3,(H,21,22)/b13-12+. The van der Waals surface area contributed by atoms with Crippen LogP contribution in [0.15, 0.2) is 12.2 Å². The Morgan fingerprint density at radius 1 is 1.17 bits per heavy atom. The zero-order valence-electron chi connectivity index (χ0n) is 15.7. The monoisotopic (exact) mass is 338 g/mol. The van der Waals surface area contributed by atoms with Crippen molar-refractivity contribution in [3.63, 3.8) is 0 Å². The summed E-state index contributed by atoms with van der Waals surface area (Å²) in [4.78, 5) is 22.5. The molecule has 0 radical (unpaired) electrons. The van der Waals surface area contributed by atoms with Gasteiger partial charge in [-0.05, 0) is 56.8 Å². The summed E-state index contributed by atoms with van der Waals surface area (Å²) in [5.41, 5.74) is -0.492. The number of hydrogen-bond acceptors (Lipinski definition) is 3. The molecule has 0 heterocycles. The van der Waals surface area contributed by atoms with Gasteiger partial charge in [-0.1, -0.05) is 40.0 Å². The zero-order chi connectivity index (χ0) is 18.2. The number of rotatable bonds is 9. The van der Waals surface area contributed by atoms with Gasteiger partial charge in [0.2, 0.25) is 0 Å². The van der Waals surface area contributed by atoms with Crippen LogP contribution in [0.1, 0.15) is 79.1 Å². The Hall–Kier alpha value is -1.32. The van der Waals surface area contributed by atoms with E-state index in [0.717, 1.165) is 49.7 Å². The average Bonchev–Trinajstić information content (AvgIpc) is 2.53. The summed E-state index contributed by atoms with van der Waals surface area (Å²) in [5, 5.41) is 8.64. The highest BCUT2D eigenvalue weighted by molar-refractivity contribution is 5.90. The predicted octanol–water partition coefficient (Wildman–Crippen LogP) is 4.97. The van der Waals surface area contributed by atoms with Gasteiger partial charge in [0, 0.05) is 12.2 Å². The number of hydrogen-bond donors (Lipinski definition) is 1. The Morgan fingerprint density at radius 2 is 1.79 bits per heavy atom. The largest absolute Gasteiger partial charge is 0.478 e. The molecule has 1 aliphatic carbocycles. The summed E-state index contributed by atoms with van der Waals surface area (Å²) in [6.07, 6.45) is 10.7. The Kier molecular flexibility index (Phi) is 8.51. The number of carboxylic acid groups (broad SMARTS) is 1. The second kappa shape index (κ2) is 9.85. The van der Waals surface area contributed by atoms with Crippen molar-refractivity contribution < 1.29 is 19.4 Å². The minimum absolute atomic E-state index is 0.365. The van der Waals surface area contributed by atoms with E-state index in [0.29, 0.717) is 5.92 Å². The smallest absolute Gasteiger partial charge is 0.331 e. The summed E-state index contributed by atoms with van der Waals surface area (Å²) in [6.45, 7) is 8.71. The first-order valence-corrected chi connectivity index (χ1v) is 9.46. The van der Waals surface area contributed by atoms with E-state index in [1.54, 1.807) is 0 Å². The Balaban J connectivity index is 2.67. The van der Waals surface area contributed by atoms with Crippen LogP contribution in [0.25, 0.3) is 0 Å². The molecule has 0 amide bonds. The number of ether oxygens (including phenoxy) is 1. The number of esters is 1. The molecule has 4 heteroatoms. The van der Waals surface area contributed by atoms with Crippen LogP contribution in [0.3, 0.4) is 0 Å². The first-order chi connectivity index (χ1) is 11.3. The predicted molar refractivity (Wildman–Crippen MR) is 95.7 cm³/mol. The molecule has 0 bridgehead atoms. The Bertz CT molecular complexity index is 435. The van der Waals surface area contributed by atoms with E-state index in [4.69, 9.17) is 9.84 Å². The molecule has 0 aromatic rings. The van der Waals surface area contributed by atoms with Crippen LogP contribution in [0.2, 0.25) is 0 Å². The molecular formula is C20H34O4. The number of aliphatic carboxylic acids is 1. The van der Waals surface area contributed by atoms with Gasteiger partial charge >= 0.3 is 11.9 Å². The van der Waals surface area contributed by atoms with Crippen LogP contribution in [-0.2, 0) is 14.3 Å². The molecule has 1 rings (SSSR count). The molecule has 138 valence electrons. The average molecular weight is 338 g/mol. The molecule has 24 heavy (non-hydrogen) atoms. The van der Waals surface area contributed by atoms with Gasteiger partial charge in [0.05, 0.1) is 0 Å². The van der Waals surface area contributed by atoms with E-state index in [-0.39, 0.29) is 0 Å². The third-order valence-corrected chi connectivity index (χ3v) is 5.63. The van der Waals surface area contributed by atoms with E-state index >= 15 is 0 Å². The lowest BCUT2D eigenvalue weighted by atomic mass is 9.69. The Morgan fingerprint density at radius 3 is 2.29 bits per heavy atom. The lowest BCUT2D eigenvalue weighted by Crippen LogP contribution is -2.41. The minimum Gasteiger partial charge on any atom is -0.478 e. The van der Waals surface area contributed by atoms with Gasteiger partial charge in [-0.15, -0.1) is 0 Å². The molecule has 1 fully saturated rings. The molecule has 0 spiro atoms. The maximum absolute atomic E-state index is 12.0. The molecule has 2 atom stereocenters. The molecule has 2 unspecified atom stereocenters. The number of carbonyl (C=O) groups excluding carboxylic acids is 1. The SMILES string of the molecule is CCCC(C)C1CCC(C(C)(CCC)OC(=O)/C=C/C(=O)O)CC1. The fourth-order valence-corrected chi connectivity index (χ4v) is 4.23. The maximum atomic E-state index is 12.0. The highest BCUT2D eigenvalue weighted by Crippen LogP contribution is 2.42. The summed E-state index contributed by atoms with van der Waals surface area (Å²) < 4.78 is 5.72. The van der Waals surface area contributed by atoms with Crippen molar-refractivity contribution in [3.05, 3.63) is 12.2 Å². The summed E-state index contributed by atoms with van der Waals surface area (Å²) in [5.74, 6) is 0.248. The fraction of sp³-hybridized carbons (Fsp3) is 0.800. The fourth-order valence-electron chi connectivity index (χ4n) is 4.23. The van der Waals surface area contributed by atoms with Crippen molar-refractivity contribution in [3.8, 4) is 0 Å². The molecular weight excluding hydrogens is 304 g/mol. The zero-order valence-corrected chi connectivity index (χ0v) is 15.7. The van der Waals surface area contributed by atoms with Gasteiger partial charge in [-0.3, -0.25) is 0 Å². The van der Waals surface area contributed by atoms with Gasteiger partial charge < -0.3 is 9.84 Å². The van der Waals surface area contributed by atoms with Gasteiger partial charge in [0.15, 0.2) is 0 Å². The quantitative estimate of drug-likeness (QED) is 0.476. The second-order valence-electron chi connectivity index (χ2n) is 7.53. The third-order valence-electron chi connectivity index (χ3n) is 5.63. The van der Waals surface area contributed by atoms with Crippen molar-refractivity contribution in [1.82, 2.24) is 0 Å². The van der Waals surface area contributed by atoms with Gasteiger partial charge in [0.25, 0.3) is 0 Å². The van der Waals surface area contributed by atoms with E-state index in [9.17, 15) is 9.59 Å². The lowest BCUT2D eigenvalue weighted by Gasteiger charge is -2.42. The van der Waals surface area contributed by atoms with Crippen LogP contribution in [-0.4, -0.2) is 22.6 Å². The highest BCUT2D eigenvalue weighted by atomic mass is 16.6. The molecule has 0 aromatic carbocycles. The normalized spacial score (nSPS) is 25.2. The molecule has 0 aliphatic heterocycles. The maximum Gasteiger partial charge on any atom is 0.331 e. The minimum atomic E-state index is -1.13. The van der Waals surface area contributed by atoms with Crippen molar-refractivity contribution in [2.24, 2.45) is 17.8 Å². The third kappa shape index (κ3) is 6.29. The molecule has 1 aliphatic rings. The van der Waals surface area contributed by atoms with E-state index < -0.39 is 17.5 Å². The lowest BCUT2D eigenvalue weighted by molar-refractivity contribution is -0.161. The Labute approximate surface area is 146 Å². The molecule has 0 saturated heterocycles. The summed E-state index contributed by atoms with van der Waals surface area (Å²) in [6, 6.07) is 0. The van der Waals surface area contributed by atoms with Crippen molar-refractivity contribution >= 4 is 11.9 Å². The first kappa shape index (κ1) is 20.7. The van der Waals surface area contributed by atoms with Crippen molar-refractivity contribution in [1.29, 1.82) is 0 Å². The van der Waals surface area contributed by atoms with Gasteiger partial charge in [0.1, 0.15) is 5.60 Å². The second-order valence-corrected chi connectivity index (χ2v) is 7.53. The van der Waals surface area contributed by atoms with Crippen LogP contribution in [0, 0.1) is 17.8 Å². The number of carboxylic acids is 1.